The molecule has 0 saturated heterocycles. The Morgan fingerprint density at radius 2 is 2.06 bits per heavy atom. The van der Waals surface area contributed by atoms with Crippen molar-refractivity contribution in [2.75, 3.05) is 25.9 Å². The van der Waals surface area contributed by atoms with Crippen molar-refractivity contribution in [1.29, 1.82) is 0 Å². The van der Waals surface area contributed by atoms with Gasteiger partial charge in [-0.2, -0.15) is 8.78 Å². The lowest BCUT2D eigenvalue weighted by Gasteiger charge is -2.46. The lowest BCUT2D eigenvalue weighted by Crippen LogP contribution is -2.55. The van der Waals surface area contributed by atoms with Crippen molar-refractivity contribution in [2.45, 2.75) is 19.8 Å². The van der Waals surface area contributed by atoms with Crippen LogP contribution in [-0.2, 0) is 4.74 Å². The van der Waals surface area contributed by atoms with Crippen LogP contribution in [0.1, 0.15) is 18.1 Å². The number of aliphatic imine (C=N–C) groups is 2. The van der Waals surface area contributed by atoms with Crippen molar-refractivity contribution in [3.05, 3.63) is 82.5 Å². The third kappa shape index (κ3) is 4.69. The van der Waals surface area contributed by atoms with Crippen LogP contribution in [0.3, 0.4) is 0 Å². The Morgan fingerprint density at radius 1 is 1.29 bits per heavy atom. The summed E-state index contributed by atoms with van der Waals surface area (Å²) >= 11 is 0. The number of rotatable bonds is 7. The molecule has 0 saturated carbocycles. The first-order valence-corrected chi connectivity index (χ1v) is 10.7. The number of hydroxylamine groups is 2. The van der Waals surface area contributed by atoms with Gasteiger partial charge in [0.05, 0.1) is 0 Å². The highest BCUT2D eigenvalue weighted by Crippen LogP contribution is 2.36. The summed E-state index contributed by atoms with van der Waals surface area (Å²) in [6.07, 6.45) is 4.69. The maximum absolute atomic E-state index is 14.4. The molecule has 0 spiro atoms. The molecule has 2 aliphatic heterocycles. The van der Waals surface area contributed by atoms with Crippen LogP contribution in [0.25, 0.3) is 0 Å². The van der Waals surface area contributed by atoms with E-state index in [-0.39, 0.29) is 12.3 Å². The minimum Gasteiger partial charge on any atom is -0.620 e. The molecule has 3 N–H and O–H groups in total. The van der Waals surface area contributed by atoms with Crippen molar-refractivity contribution in [3.8, 4) is 5.75 Å². The van der Waals surface area contributed by atoms with E-state index >= 15 is 0 Å². The molecule has 0 radical (unpaired) electrons. The van der Waals surface area contributed by atoms with Gasteiger partial charge in [0.2, 0.25) is 5.82 Å². The molecule has 0 fully saturated rings. The number of ether oxygens (including phenoxy) is 2. The number of nitrogens with two attached hydrogens (primary N) is 1. The Balaban J connectivity index is 1.78. The van der Waals surface area contributed by atoms with Gasteiger partial charge >= 0.3 is 6.61 Å². The minimum absolute atomic E-state index is 0.0313. The summed E-state index contributed by atoms with van der Waals surface area (Å²) in [6.45, 7) is -0.686. The highest BCUT2D eigenvalue weighted by atomic mass is 19.3. The van der Waals surface area contributed by atoms with Crippen LogP contribution in [-0.4, -0.2) is 45.0 Å². The molecular formula is C24H25F2N5O3. The SMILES string of the molecule is CCOC1C=CC2=C(N1)[N+]([O-])(c1ccc(OC(F)F)cc1)CC(c1ccc(N)c(C=NC)c1)=N2. The monoisotopic (exact) mass is 469 g/mol. The summed E-state index contributed by atoms with van der Waals surface area (Å²) in [5.41, 5.74) is 9.38. The topological polar surface area (TPSA) is 104 Å². The van der Waals surface area contributed by atoms with Gasteiger partial charge in [-0.25, -0.2) is 4.99 Å². The fraction of sp³-hybridized carbons (Fsp3) is 0.250. The van der Waals surface area contributed by atoms with Gasteiger partial charge in [0.15, 0.2) is 6.23 Å². The molecule has 0 amide bonds. The highest BCUT2D eigenvalue weighted by Gasteiger charge is 2.38. The van der Waals surface area contributed by atoms with E-state index in [4.69, 9.17) is 15.5 Å². The first kappa shape index (κ1) is 23.6. The van der Waals surface area contributed by atoms with Crippen molar-refractivity contribution in [3.63, 3.8) is 0 Å². The number of allylic oxidation sites excluding steroid dienone is 1. The molecule has 8 nitrogen and oxygen atoms in total. The Kier molecular flexibility index (Phi) is 6.73. The summed E-state index contributed by atoms with van der Waals surface area (Å²) < 4.78 is 34.3. The molecule has 2 unspecified atom stereocenters. The van der Waals surface area contributed by atoms with Crippen LogP contribution < -0.4 is 20.4 Å². The molecule has 2 aliphatic rings. The van der Waals surface area contributed by atoms with Gasteiger partial charge in [-0.05, 0) is 43.3 Å². The van der Waals surface area contributed by atoms with Gasteiger partial charge in [-0.1, -0.05) is 6.07 Å². The maximum atomic E-state index is 14.4. The standard InChI is InChI=1S/C24H25F2N5O3/c1-3-33-22-11-10-20-23(30-22)31(32,17-5-7-18(8-6-17)34-24(25)26)14-21(29-20)15-4-9-19(27)16(12-15)13-28-2/h4-13,22,24,30H,3,14,27H2,1-2H3. The van der Waals surface area contributed by atoms with Gasteiger partial charge in [-0.15, -0.1) is 0 Å². The number of halogens is 2. The summed E-state index contributed by atoms with van der Waals surface area (Å²) in [5.74, 6) is 0.272. The molecule has 2 aromatic carbocycles. The van der Waals surface area contributed by atoms with E-state index in [1.165, 1.54) is 24.3 Å². The van der Waals surface area contributed by atoms with E-state index in [9.17, 15) is 14.0 Å². The van der Waals surface area contributed by atoms with E-state index in [0.717, 1.165) is 5.56 Å². The molecule has 0 aliphatic carbocycles. The highest BCUT2D eigenvalue weighted by molar-refractivity contribution is 6.06. The van der Waals surface area contributed by atoms with E-state index in [1.54, 1.807) is 37.5 Å². The zero-order valence-corrected chi connectivity index (χ0v) is 18.7. The average molecular weight is 469 g/mol. The Morgan fingerprint density at radius 3 is 2.74 bits per heavy atom. The van der Waals surface area contributed by atoms with Crippen molar-refractivity contribution >= 4 is 23.3 Å². The number of dihydropyridines is 1. The van der Waals surface area contributed by atoms with Gasteiger partial charge < -0.3 is 25.7 Å². The molecule has 2 aromatic rings. The van der Waals surface area contributed by atoms with Crippen molar-refractivity contribution in [1.82, 2.24) is 9.96 Å². The largest absolute Gasteiger partial charge is 0.620 e. The van der Waals surface area contributed by atoms with Gasteiger partial charge in [0.1, 0.15) is 29.4 Å². The average Bonchev–Trinajstić information content (AvgIpc) is 2.81. The van der Waals surface area contributed by atoms with E-state index in [2.05, 4.69) is 15.0 Å². The van der Waals surface area contributed by atoms with E-state index in [0.29, 0.717) is 40.8 Å². The zero-order valence-electron chi connectivity index (χ0n) is 18.7. The van der Waals surface area contributed by atoms with Crippen molar-refractivity contribution < 1.29 is 18.3 Å². The Bertz CT molecular complexity index is 1180. The van der Waals surface area contributed by atoms with Crippen LogP contribution in [0, 0.1) is 5.21 Å². The first-order valence-electron chi connectivity index (χ1n) is 10.7. The number of nitrogens with one attached hydrogen (secondary N) is 1. The molecule has 34 heavy (non-hydrogen) atoms. The fourth-order valence-corrected chi connectivity index (χ4v) is 3.89. The number of hydrogen-bond acceptors (Lipinski definition) is 7. The molecule has 10 heteroatoms. The number of anilines is 1. The number of quaternary nitrogens is 1. The summed E-state index contributed by atoms with van der Waals surface area (Å²) in [4.78, 5) is 8.77. The quantitative estimate of drug-likeness (QED) is 0.277. The fourth-order valence-electron chi connectivity index (χ4n) is 3.89. The van der Waals surface area contributed by atoms with Crippen LogP contribution in [0.15, 0.2) is 76.1 Å². The van der Waals surface area contributed by atoms with Gasteiger partial charge in [0, 0.05) is 48.8 Å². The molecule has 0 bridgehead atoms. The van der Waals surface area contributed by atoms with Crippen LogP contribution in [0.4, 0.5) is 20.2 Å². The third-order valence-electron chi connectivity index (χ3n) is 5.45. The van der Waals surface area contributed by atoms with Crippen molar-refractivity contribution in [2.24, 2.45) is 9.98 Å². The summed E-state index contributed by atoms with van der Waals surface area (Å²) in [7, 11) is 1.65. The lowest BCUT2D eigenvalue weighted by molar-refractivity contribution is -0.0498. The van der Waals surface area contributed by atoms with E-state index in [1.807, 2.05) is 13.0 Å². The zero-order chi connectivity index (χ0) is 24.3. The number of benzene rings is 2. The van der Waals surface area contributed by atoms with Crippen LogP contribution in [0.2, 0.25) is 0 Å². The molecular weight excluding hydrogens is 444 g/mol. The number of nitrogens with zero attached hydrogens (tertiary/aromatic N) is 3. The smallest absolute Gasteiger partial charge is 0.387 e. The summed E-state index contributed by atoms with van der Waals surface area (Å²) in [5, 5.41) is 17.6. The molecule has 4 rings (SSSR count). The molecule has 0 aromatic heterocycles. The van der Waals surface area contributed by atoms with Crippen LogP contribution >= 0.6 is 0 Å². The molecule has 2 atom stereocenters. The Labute approximate surface area is 195 Å². The minimum atomic E-state index is -2.95. The second-order valence-electron chi connectivity index (χ2n) is 7.67. The number of hydrogen-bond donors (Lipinski definition) is 2. The Hall–Kier alpha value is -3.60. The normalized spacial score (nSPS) is 22.1. The number of nitrogen functional groups attached to an aromatic ring is 1. The van der Waals surface area contributed by atoms with E-state index < -0.39 is 17.5 Å². The van der Waals surface area contributed by atoms with Gasteiger partial charge in [0.25, 0.3) is 0 Å². The number of alkyl halides is 2. The predicted molar refractivity (Wildman–Crippen MR) is 129 cm³/mol. The predicted octanol–water partition coefficient (Wildman–Crippen LogP) is 3.92. The first-order chi connectivity index (χ1) is 16.3. The third-order valence-corrected chi connectivity index (χ3v) is 5.45. The van der Waals surface area contributed by atoms with Gasteiger partial charge in [-0.3, -0.25) is 9.64 Å². The second-order valence-corrected chi connectivity index (χ2v) is 7.67. The second kappa shape index (κ2) is 9.72. The lowest BCUT2D eigenvalue weighted by atomic mass is 10.0. The molecule has 178 valence electrons. The molecule has 2 heterocycles. The summed E-state index contributed by atoms with van der Waals surface area (Å²) in [6, 6.07) is 11.0. The van der Waals surface area contributed by atoms with Crippen LogP contribution in [0.5, 0.6) is 5.75 Å². The maximum Gasteiger partial charge on any atom is 0.387 e.